The quantitative estimate of drug-likeness (QED) is 0.789. The van der Waals surface area contributed by atoms with Gasteiger partial charge in [0.05, 0.1) is 10.7 Å². The van der Waals surface area contributed by atoms with Gasteiger partial charge in [0.15, 0.2) is 5.75 Å². The molecule has 0 atom stereocenters. The molecule has 0 radical (unpaired) electrons. The van der Waals surface area contributed by atoms with Crippen LogP contribution in [0, 0.1) is 0 Å². The molecule has 1 aromatic rings. The van der Waals surface area contributed by atoms with Crippen LogP contribution in [-0.4, -0.2) is 11.0 Å². The minimum absolute atomic E-state index is 0.145. The molecule has 0 fully saturated rings. The van der Waals surface area contributed by atoms with Crippen molar-refractivity contribution in [1.29, 1.82) is 0 Å². The van der Waals surface area contributed by atoms with Gasteiger partial charge in [-0.3, -0.25) is 4.79 Å². The number of rotatable bonds is 2. The molecule has 0 aliphatic heterocycles. The van der Waals surface area contributed by atoms with Gasteiger partial charge in [-0.25, -0.2) is 0 Å². The molecule has 2 N–H and O–H groups in total. The number of nitrogens with one attached hydrogen (secondary N) is 1. The summed E-state index contributed by atoms with van der Waals surface area (Å²) in [6, 6.07) is 1.49. The lowest BCUT2D eigenvalue weighted by Gasteiger charge is -2.11. The van der Waals surface area contributed by atoms with E-state index < -0.39 is 0 Å². The Kier molecular flexibility index (Phi) is 3.83. The molecule has 3 nitrogen and oxygen atoms in total. The van der Waals surface area contributed by atoms with Crippen LogP contribution in [0.1, 0.15) is 19.4 Å². The molecule has 0 heterocycles. The van der Waals surface area contributed by atoms with E-state index >= 15 is 0 Å². The molecular formula is C10H11Cl2NO2. The van der Waals surface area contributed by atoms with Crippen LogP contribution < -0.4 is 5.32 Å². The van der Waals surface area contributed by atoms with E-state index in [0.717, 1.165) is 0 Å². The predicted octanol–water partition coefficient (Wildman–Crippen LogP) is 3.22. The summed E-state index contributed by atoms with van der Waals surface area (Å²) >= 11 is 11.8. The smallest absolute Gasteiger partial charge is 0.221 e. The van der Waals surface area contributed by atoms with Crippen molar-refractivity contribution in [2.24, 2.45) is 0 Å². The second-order valence-electron chi connectivity index (χ2n) is 3.08. The molecule has 1 rings (SSSR count). The van der Waals surface area contributed by atoms with E-state index in [1.54, 1.807) is 0 Å². The maximum atomic E-state index is 10.8. The maximum Gasteiger partial charge on any atom is 0.221 e. The molecule has 82 valence electrons. The van der Waals surface area contributed by atoms with Crippen molar-refractivity contribution in [3.05, 3.63) is 21.7 Å². The fourth-order valence-electron chi connectivity index (χ4n) is 1.26. The Morgan fingerprint density at radius 2 is 2.13 bits per heavy atom. The van der Waals surface area contributed by atoms with Crippen molar-refractivity contribution in [3.8, 4) is 5.75 Å². The first-order valence-electron chi connectivity index (χ1n) is 4.44. The Bertz CT molecular complexity index is 405. The molecule has 0 bridgehead atoms. The average Bonchev–Trinajstić information content (AvgIpc) is 2.14. The molecule has 0 saturated carbocycles. The first kappa shape index (κ1) is 12.1. The molecule has 0 aliphatic carbocycles. The highest BCUT2D eigenvalue weighted by Gasteiger charge is 2.14. The summed E-state index contributed by atoms with van der Waals surface area (Å²) in [5, 5.41) is 12.7. The van der Waals surface area contributed by atoms with Gasteiger partial charge in [-0.1, -0.05) is 30.1 Å². The third-order valence-electron chi connectivity index (χ3n) is 1.95. The minimum Gasteiger partial charge on any atom is -0.504 e. The van der Waals surface area contributed by atoms with Crippen molar-refractivity contribution in [3.63, 3.8) is 0 Å². The van der Waals surface area contributed by atoms with Gasteiger partial charge in [0.1, 0.15) is 0 Å². The summed E-state index contributed by atoms with van der Waals surface area (Å²) in [7, 11) is 0. The Morgan fingerprint density at radius 1 is 1.53 bits per heavy atom. The molecule has 15 heavy (non-hydrogen) atoms. The van der Waals surface area contributed by atoms with Crippen molar-refractivity contribution >= 4 is 34.8 Å². The molecule has 0 saturated heterocycles. The number of aromatic hydroxyl groups is 1. The fraction of sp³-hybridized carbons (Fsp3) is 0.300. The largest absolute Gasteiger partial charge is 0.504 e. The van der Waals surface area contributed by atoms with E-state index in [9.17, 15) is 9.90 Å². The van der Waals surface area contributed by atoms with Crippen LogP contribution in [0.15, 0.2) is 6.07 Å². The second-order valence-corrected chi connectivity index (χ2v) is 3.87. The second kappa shape index (κ2) is 4.73. The highest BCUT2D eigenvalue weighted by atomic mass is 35.5. The normalized spacial score (nSPS) is 10.1. The lowest BCUT2D eigenvalue weighted by molar-refractivity contribution is -0.114. The zero-order chi connectivity index (χ0) is 11.6. The van der Waals surface area contributed by atoms with E-state index in [4.69, 9.17) is 23.2 Å². The van der Waals surface area contributed by atoms with Gasteiger partial charge in [0, 0.05) is 11.9 Å². The van der Waals surface area contributed by atoms with Gasteiger partial charge in [-0.2, -0.15) is 0 Å². The van der Waals surface area contributed by atoms with Gasteiger partial charge in [-0.05, 0) is 18.1 Å². The molecule has 1 amide bonds. The van der Waals surface area contributed by atoms with Crippen LogP contribution in [0.25, 0.3) is 0 Å². The van der Waals surface area contributed by atoms with E-state index in [0.29, 0.717) is 17.0 Å². The summed E-state index contributed by atoms with van der Waals surface area (Å²) in [6.45, 7) is 3.22. The number of anilines is 1. The number of hydrogen-bond donors (Lipinski definition) is 2. The number of amides is 1. The number of carbonyl (C=O) groups is 1. The van der Waals surface area contributed by atoms with Crippen LogP contribution >= 0.6 is 23.2 Å². The molecular weight excluding hydrogens is 237 g/mol. The minimum atomic E-state index is -0.290. The zero-order valence-electron chi connectivity index (χ0n) is 8.40. The van der Waals surface area contributed by atoms with Crippen LogP contribution in [0.3, 0.4) is 0 Å². The number of phenolic OH excluding ortho intramolecular Hbond substituents is 1. The third kappa shape index (κ3) is 2.55. The fourth-order valence-corrected chi connectivity index (χ4v) is 1.98. The van der Waals surface area contributed by atoms with Gasteiger partial charge < -0.3 is 10.4 Å². The Hall–Kier alpha value is -0.930. The number of phenols is 1. The average molecular weight is 248 g/mol. The molecule has 5 heteroatoms. The predicted molar refractivity (Wildman–Crippen MR) is 61.8 cm³/mol. The van der Waals surface area contributed by atoms with Crippen LogP contribution in [0.5, 0.6) is 5.75 Å². The molecule has 0 spiro atoms. The van der Waals surface area contributed by atoms with Gasteiger partial charge in [0.25, 0.3) is 0 Å². The standard InChI is InChI=1S/C10H11Cl2NO2/c1-3-6-7(11)4-8(13-5(2)14)10(15)9(6)12/h4,15H,3H2,1-2H3,(H,13,14). The van der Waals surface area contributed by atoms with Crippen molar-refractivity contribution in [1.82, 2.24) is 0 Å². The molecule has 1 aromatic carbocycles. The highest BCUT2D eigenvalue weighted by molar-refractivity contribution is 6.37. The summed E-state index contributed by atoms with van der Waals surface area (Å²) in [6.07, 6.45) is 0.617. The number of halogens is 2. The van der Waals surface area contributed by atoms with Crippen LogP contribution in [0.4, 0.5) is 5.69 Å². The summed E-state index contributed by atoms with van der Waals surface area (Å²) in [4.78, 5) is 10.8. The van der Waals surface area contributed by atoms with E-state index in [1.165, 1.54) is 13.0 Å². The van der Waals surface area contributed by atoms with Crippen molar-refractivity contribution in [2.75, 3.05) is 5.32 Å². The highest BCUT2D eigenvalue weighted by Crippen LogP contribution is 2.39. The Labute approximate surface area is 98.0 Å². The summed E-state index contributed by atoms with van der Waals surface area (Å²) in [5.74, 6) is -0.435. The van der Waals surface area contributed by atoms with Crippen LogP contribution in [-0.2, 0) is 11.2 Å². The van der Waals surface area contributed by atoms with E-state index in [2.05, 4.69) is 5.32 Å². The lowest BCUT2D eigenvalue weighted by Crippen LogP contribution is -2.06. The first-order valence-corrected chi connectivity index (χ1v) is 5.20. The number of hydrogen-bond acceptors (Lipinski definition) is 2. The van der Waals surface area contributed by atoms with Crippen molar-refractivity contribution < 1.29 is 9.90 Å². The van der Waals surface area contributed by atoms with E-state index in [1.807, 2.05) is 6.92 Å². The van der Waals surface area contributed by atoms with Crippen molar-refractivity contribution in [2.45, 2.75) is 20.3 Å². The SMILES string of the molecule is CCc1c(Cl)cc(NC(C)=O)c(O)c1Cl. The topological polar surface area (TPSA) is 49.3 Å². The summed E-state index contributed by atoms with van der Waals surface area (Å²) in [5.41, 5.74) is 0.902. The number of carbonyl (C=O) groups excluding carboxylic acids is 1. The molecule has 0 aromatic heterocycles. The van der Waals surface area contributed by atoms with Gasteiger partial charge in [0.2, 0.25) is 5.91 Å². The number of benzene rings is 1. The van der Waals surface area contributed by atoms with Crippen LogP contribution in [0.2, 0.25) is 10.0 Å². The Balaban J connectivity index is 3.27. The summed E-state index contributed by atoms with van der Waals surface area (Å²) < 4.78 is 0. The zero-order valence-corrected chi connectivity index (χ0v) is 9.91. The monoisotopic (exact) mass is 247 g/mol. The van der Waals surface area contributed by atoms with Gasteiger partial charge in [-0.15, -0.1) is 0 Å². The maximum absolute atomic E-state index is 10.8. The first-order chi connectivity index (χ1) is 6.97. The molecule has 0 aliphatic rings. The van der Waals surface area contributed by atoms with E-state index in [-0.39, 0.29) is 22.4 Å². The molecule has 0 unspecified atom stereocenters. The van der Waals surface area contributed by atoms with Gasteiger partial charge >= 0.3 is 0 Å². The Morgan fingerprint density at radius 3 is 2.60 bits per heavy atom. The lowest BCUT2D eigenvalue weighted by atomic mass is 10.1. The third-order valence-corrected chi connectivity index (χ3v) is 2.70.